The van der Waals surface area contributed by atoms with Gasteiger partial charge in [-0.3, -0.25) is 9.59 Å². The lowest BCUT2D eigenvalue weighted by Gasteiger charge is -2.15. The number of rotatable bonds is 8. The minimum absolute atomic E-state index is 0.0162. The maximum absolute atomic E-state index is 12.8. The number of benzene rings is 2. The molecule has 9 heteroatoms. The fraction of sp³-hybridized carbons (Fsp3) is 0.136. The van der Waals surface area contributed by atoms with Gasteiger partial charge in [0.1, 0.15) is 0 Å². The quantitative estimate of drug-likeness (QED) is 0.371. The number of carbonyl (C=O) groups is 3. The van der Waals surface area contributed by atoms with Gasteiger partial charge in [0, 0.05) is 22.2 Å². The molecule has 0 aliphatic heterocycles. The average molecular weight is 488 g/mol. The zero-order chi connectivity index (χ0) is 22.4. The molecule has 160 valence electrons. The Kier molecular flexibility index (Phi) is 7.09. The van der Waals surface area contributed by atoms with Crippen molar-refractivity contribution in [1.29, 1.82) is 0 Å². The zero-order valence-electron chi connectivity index (χ0n) is 16.6. The summed E-state index contributed by atoms with van der Waals surface area (Å²) in [4.78, 5) is 37.6. The van der Waals surface area contributed by atoms with Gasteiger partial charge in [-0.2, -0.15) is 0 Å². The molecule has 1 heterocycles. The van der Waals surface area contributed by atoms with E-state index in [0.29, 0.717) is 10.0 Å². The third-order valence-electron chi connectivity index (χ3n) is 4.25. The van der Waals surface area contributed by atoms with Gasteiger partial charge in [-0.25, -0.2) is 4.79 Å². The van der Waals surface area contributed by atoms with Crippen LogP contribution in [0, 0.1) is 0 Å². The number of anilines is 1. The first-order valence-corrected chi connectivity index (χ1v) is 9.79. The molecule has 31 heavy (non-hydrogen) atoms. The van der Waals surface area contributed by atoms with E-state index < -0.39 is 18.5 Å². The van der Waals surface area contributed by atoms with Gasteiger partial charge in [-0.05, 0) is 18.2 Å². The summed E-state index contributed by atoms with van der Waals surface area (Å²) in [6.45, 7) is -0.485. The number of ketones is 1. The largest absolute Gasteiger partial charge is 0.493 e. The Hall–Kier alpha value is -3.59. The summed E-state index contributed by atoms with van der Waals surface area (Å²) in [6.07, 6.45) is 1.35. The molecule has 1 amide bonds. The van der Waals surface area contributed by atoms with Crippen molar-refractivity contribution >= 4 is 39.3 Å². The molecule has 1 N–H and O–H groups in total. The van der Waals surface area contributed by atoms with Crippen LogP contribution < -0.4 is 14.8 Å². The highest BCUT2D eigenvalue weighted by Crippen LogP contribution is 2.34. The summed E-state index contributed by atoms with van der Waals surface area (Å²) in [5.41, 5.74) is 0.476. The van der Waals surface area contributed by atoms with Gasteiger partial charge in [-0.15, -0.1) is 0 Å². The number of hydrogen-bond acceptors (Lipinski definition) is 7. The Bertz CT molecular complexity index is 1110. The van der Waals surface area contributed by atoms with Crippen LogP contribution in [0.3, 0.4) is 0 Å². The lowest BCUT2D eigenvalue weighted by atomic mass is 10.1. The first-order chi connectivity index (χ1) is 14.9. The predicted octanol–water partition coefficient (Wildman–Crippen LogP) is 4.35. The van der Waals surface area contributed by atoms with Crippen LogP contribution in [0.5, 0.6) is 11.5 Å². The van der Waals surface area contributed by atoms with Crippen molar-refractivity contribution in [2.45, 2.75) is 0 Å². The van der Waals surface area contributed by atoms with Crippen molar-refractivity contribution in [2.24, 2.45) is 0 Å². The highest BCUT2D eigenvalue weighted by molar-refractivity contribution is 9.10. The molecular formula is C22H18BrNO7. The number of amides is 1. The molecule has 8 nitrogen and oxygen atoms in total. The second kappa shape index (κ2) is 9.94. The lowest BCUT2D eigenvalue weighted by Crippen LogP contribution is -2.18. The van der Waals surface area contributed by atoms with Crippen molar-refractivity contribution in [2.75, 3.05) is 26.1 Å². The number of esters is 1. The van der Waals surface area contributed by atoms with Crippen LogP contribution >= 0.6 is 15.9 Å². The highest BCUT2D eigenvalue weighted by atomic mass is 79.9. The topological polar surface area (TPSA) is 104 Å². The summed E-state index contributed by atoms with van der Waals surface area (Å²) in [5, 5.41) is 2.59. The summed E-state index contributed by atoms with van der Waals surface area (Å²) in [7, 11) is 2.83. The zero-order valence-corrected chi connectivity index (χ0v) is 18.2. The SMILES string of the molecule is COc1cc(NC(=O)c2ccco2)c(C(=O)OCC(=O)c2ccccc2Br)cc1OC. The molecule has 0 spiro atoms. The second-order valence-electron chi connectivity index (χ2n) is 6.16. The van der Waals surface area contributed by atoms with E-state index in [1.165, 1.54) is 38.7 Å². The molecule has 1 aromatic heterocycles. The van der Waals surface area contributed by atoms with Crippen molar-refractivity contribution in [1.82, 2.24) is 0 Å². The van der Waals surface area contributed by atoms with Crippen LogP contribution in [-0.2, 0) is 4.74 Å². The van der Waals surface area contributed by atoms with Crippen LogP contribution in [0.2, 0.25) is 0 Å². The fourth-order valence-electron chi connectivity index (χ4n) is 2.72. The molecule has 0 unspecified atom stereocenters. The second-order valence-corrected chi connectivity index (χ2v) is 7.02. The van der Waals surface area contributed by atoms with Crippen LogP contribution in [0.1, 0.15) is 31.3 Å². The van der Waals surface area contributed by atoms with Gasteiger partial charge in [0.05, 0.1) is 31.7 Å². The third-order valence-corrected chi connectivity index (χ3v) is 4.94. The number of methoxy groups -OCH3 is 2. The van der Waals surface area contributed by atoms with Crippen molar-refractivity contribution in [3.63, 3.8) is 0 Å². The van der Waals surface area contributed by atoms with Crippen molar-refractivity contribution < 1.29 is 33.0 Å². The first kappa shape index (κ1) is 22.1. The Morgan fingerprint density at radius 3 is 2.32 bits per heavy atom. The van der Waals surface area contributed by atoms with Gasteiger partial charge in [-0.1, -0.05) is 34.1 Å². The van der Waals surface area contributed by atoms with E-state index in [2.05, 4.69) is 21.2 Å². The molecular weight excluding hydrogens is 470 g/mol. The van der Waals surface area contributed by atoms with E-state index in [-0.39, 0.29) is 34.3 Å². The molecule has 0 radical (unpaired) electrons. The van der Waals surface area contributed by atoms with E-state index in [4.69, 9.17) is 18.6 Å². The van der Waals surface area contributed by atoms with Crippen LogP contribution in [0.15, 0.2) is 63.7 Å². The number of hydrogen-bond donors (Lipinski definition) is 1. The van der Waals surface area contributed by atoms with E-state index in [9.17, 15) is 14.4 Å². The Morgan fingerprint density at radius 1 is 0.968 bits per heavy atom. The minimum atomic E-state index is -0.823. The van der Waals surface area contributed by atoms with E-state index >= 15 is 0 Å². The van der Waals surface area contributed by atoms with Crippen molar-refractivity contribution in [3.05, 3.63) is 76.2 Å². The van der Waals surface area contributed by atoms with Crippen LogP contribution in [0.25, 0.3) is 0 Å². The smallest absolute Gasteiger partial charge is 0.340 e. The average Bonchev–Trinajstić information content (AvgIpc) is 3.32. The lowest BCUT2D eigenvalue weighted by molar-refractivity contribution is 0.0475. The third kappa shape index (κ3) is 5.13. The van der Waals surface area contributed by atoms with E-state index in [1.54, 1.807) is 30.3 Å². The number of ether oxygens (including phenoxy) is 3. The number of furan rings is 1. The van der Waals surface area contributed by atoms with Gasteiger partial charge in [0.2, 0.25) is 5.78 Å². The Balaban J connectivity index is 1.85. The maximum atomic E-state index is 12.8. The number of Topliss-reactive ketones (excluding diaryl/α,β-unsaturated/α-hetero) is 1. The summed E-state index contributed by atoms with van der Waals surface area (Å²) >= 11 is 3.29. The summed E-state index contributed by atoms with van der Waals surface area (Å²) < 4.78 is 21.3. The van der Waals surface area contributed by atoms with Crippen molar-refractivity contribution in [3.8, 4) is 11.5 Å². The summed E-state index contributed by atoms with van der Waals surface area (Å²) in [5.74, 6) is -1.19. The molecule has 0 saturated heterocycles. The number of halogens is 1. The molecule has 0 aliphatic carbocycles. The maximum Gasteiger partial charge on any atom is 0.340 e. The Morgan fingerprint density at radius 2 is 1.68 bits per heavy atom. The molecule has 0 saturated carbocycles. The molecule has 0 aliphatic rings. The predicted molar refractivity (Wildman–Crippen MR) is 115 cm³/mol. The van der Waals surface area contributed by atoms with E-state index in [1.807, 2.05) is 0 Å². The van der Waals surface area contributed by atoms with Gasteiger partial charge in [0.25, 0.3) is 5.91 Å². The molecule has 0 atom stereocenters. The van der Waals surface area contributed by atoms with Gasteiger partial charge in [0.15, 0.2) is 23.9 Å². The fourth-order valence-corrected chi connectivity index (χ4v) is 3.22. The van der Waals surface area contributed by atoms with E-state index in [0.717, 1.165) is 0 Å². The van der Waals surface area contributed by atoms with Gasteiger partial charge < -0.3 is 23.9 Å². The Labute approximate surface area is 186 Å². The summed E-state index contributed by atoms with van der Waals surface area (Å²) in [6, 6.07) is 12.6. The molecule has 3 rings (SSSR count). The number of carbonyl (C=O) groups excluding carboxylic acids is 3. The first-order valence-electron chi connectivity index (χ1n) is 9.00. The number of nitrogens with one attached hydrogen (secondary N) is 1. The normalized spacial score (nSPS) is 10.3. The molecule has 0 fully saturated rings. The monoisotopic (exact) mass is 487 g/mol. The van der Waals surface area contributed by atoms with Crippen LogP contribution in [-0.4, -0.2) is 38.5 Å². The highest BCUT2D eigenvalue weighted by Gasteiger charge is 2.22. The molecule has 3 aromatic rings. The minimum Gasteiger partial charge on any atom is -0.493 e. The van der Waals surface area contributed by atoms with Gasteiger partial charge >= 0.3 is 5.97 Å². The standard InChI is InChI=1S/C22H18BrNO7/c1-28-19-10-14(22(27)31-12-17(25)13-6-3-4-7-15(13)23)16(11-20(19)29-2)24-21(26)18-8-5-9-30-18/h3-11H,12H2,1-2H3,(H,24,26). The molecule has 0 bridgehead atoms. The van der Waals surface area contributed by atoms with Crippen LogP contribution in [0.4, 0.5) is 5.69 Å². The molecule has 2 aromatic carbocycles.